The number of anilines is 1. The number of carbonyl (C=O) groups excluding carboxylic acids is 2. The van der Waals surface area contributed by atoms with Crippen LogP contribution < -0.4 is 10.6 Å². The van der Waals surface area contributed by atoms with E-state index in [0.717, 1.165) is 18.5 Å². The van der Waals surface area contributed by atoms with Gasteiger partial charge in [0.15, 0.2) is 0 Å². The van der Waals surface area contributed by atoms with Crippen LogP contribution in [-0.2, 0) is 4.79 Å². The van der Waals surface area contributed by atoms with E-state index >= 15 is 0 Å². The number of nitro groups is 1. The Balaban J connectivity index is 1.46. The average Bonchev–Trinajstić information content (AvgIpc) is 2.69. The summed E-state index contributed by atoms with van der Waals surface area (Å²) >= 11 is 0. The van der Waals surface area contributed by atoms with Crippen molar-refractivity contribution in [1.82, 2.24) is 10.2 Å². The lowest BCUT2D eigenvalue weighted by Crippen LogP contribution is -2.46. The number of amides is 2. The van der Waals surface area contributed by atoms with E-state index in [2.05, 4.69) is 15.5 Å². The van der Waals surface area contributed by atoms with E-state index in [1.54, 1.807) is 6.92 Å². The van der Waals surface area contributed by atoms with E-state index in [0.29, 0.717) is 30.8 Å². The van der Waals surface area contributed by atoms with Crippen molar-refractivity contribution in [3.8, 4) is 0 Å². The third-order valence-corrected chi connectivity index (χ3v) is 5.00. The number of nitrogens with one attached hydrogen (secondary N) is 2. The van der Waals surface area contributed by atoms with Gasteiger partial charge in [0, 0.05) is 42.0 Å². The lowest BCUT2D eigenvalue weighted by atomic mass is 10.0. The Bertz CT molecular complexity index is 893. The molecule has 1 heterocycles. The van der Waals surface area contributed by atoms with Crippen molar-refractivity contribution < 1.29 is 14.5 Å². The molecule has 29 heavy (non-hydrogen) atoms. The summed E-state index contributed by atoms with van der Waals surface area (Å²) in [5, 5.41) is 16.8. The lowest BCUT2D eigenvalue weighted by molar-refractivity contribution is -0.385. The number of carbonyl (C=O) groups is 2. The van der Waals surface area contributed by atoms with E-state index in [9.17, 15) is 19.7 Å². The zero-order chi connectivity index (χ0) is 20.8. The monoisotopic (exact) mass is 396 g/mol. The van der Waals surface area contributed by atoms with Crippen molar-refractivity contribution in [3.05, 3.63) is 69.8 Å². The van der Waals surface area contributed by atoms with Gasteiger partial charge in [-0.2, -0.15) is 0 Å². The minimum atomic E-state index is -0.458. The number of nitrogens with zero attached hydrogens (tertiary/aromatic N) is 2. The fourth-order valence-corrected chi connectivity index (χ4v) is 3.43. The molecule has 2 aromatic rings. The molecule has 0 radical (unpaired) electrons. The van der Waals surface area contributed by atoms with Crippen LogP contribution in [0.3, 0.4) is 0 Å². The molecule has 0 unspecified atom stereocenters. The molecule has 2 N–H and O–H groups in total. The van der Waals surface area contributed by atoms with Gasteiger partial charge in [0.25, 0.3) is 11.6 Å². The summed E-state index contributed by atoms with van der Waals surface area (Å²) in [7, 11) is 0. The van der Waals surface area contributed by atoms with Gasteiger partial charge in [-0.05, 0) is 44.0 Å². The summed E-state index contributed by atoms with van der Waals surface area (Å²) in [5.41, 5.74) is 1.65. The average molecular weight is 396 g/mol. The van der Waals surface area contributed by atoms with Crippen molar-refractivity contribution in [3.63, 3.8) is 0 Å². The van der Waals surface area contributed by atoms with Crippen molar-refractivity contribution in [2.24, 2.45) is 0 Å². The number of para-hydroxylation sites is 1. The number of benzene rings is 2. The van der Waals surface area contributed by atoms with Gasteiger partial charge >= 0.3 is 0 Å². The molecule has 1 aliphatic rings. The van der Waals surface area contributed by atoms with Crippen LogP contribution in [0.2, 0.25) is 0 Å². The van der Waals surface area contributed by atoms with E-state index in [1.165, 1.54) is 18.2 Å². The van der Waals surface area contributed by atoms with E-state index in [1.807, 2.05) is 30.3 Å². The maximum Gasteiger partial charge on any atom is 0.272 e. The van der Waals surface area contributed by atoms with Crippen molar-refractivity contribution in [2.75, 3.05) is 25.0 Å². The van der Waals surface area contributed by atoms with Gasteiger partial charge in [-0.25, -0.2) is 0 Å². The molecular weight excluding hydrogens is 372 g/mol. The quantitative estimate of drug-likeness (QED) is 0.577. The number of piperidine rings is 1. The second-order valence-electron chi connectivity index (χ2n) is 7.20. The first-order valence-corrected chi connectivity index (χ1v) is 9.55. The van der Waals surface area contributed by atoms with Gasteiger partial charge in [-0.15, -0.1) is 0 Å². The van der Waals surface area contributed by atoms with Crippen molar-refractivity contribution in [2.45, 2.75) is 25.8 Å². The van der Waals surface area contributed by atoms with Crippen LogP contribution in [0.5, 0.6) is 0 Å². The first-order chi connectivity index (χ1) is 13.9. The summed E-state index contributed by atoms with van der Waals surface area (Å²) in [4.78, 5) is 37.1. The second-order valence-corrected chi connectivity index (χ2v) is 7.20. The highest BCUT2D eigenvalue weighted by atomic mass is 16.6. The topological polar surface area (TPSA) is 105 Å². The van der Waals surface area contributed by atoms with Crippen LogP contribution in [0, 0.1) is 17.0 Å². The first kappa shape index (κ1) is 20.5. The molecule has 2 aromatic carbocycles. The number of hydrogen-bond acceptors (Lipinski definition) is 5. The maximum atomic E-state index is 12.5. The second kappa shape index (κ2) is 9.29. The molecule has 8 heteroatoms. The summed E-state index contributed by atoms with van der Waals surface area (Å²) < 4.78 is 0. The molecule has 0 atom stereocenters. The van der Waals surface area contributed by atoms with Crippen LogP contribution in [-0.4, -0.2) is 47.3 Å². The highest BCUT2D eigenvalue weighted by molar-refractivity contribution is 5.95. The third-order valence-electron chi connectivity index (χ3n) is 5.00. The molecule has 152 valence electrons. The summed E-state index contributed by atoms with van der Waals surface area (Å²) in [6, 6.07) is 13.7. The Labute approximate surface area is 169 Å². The predicted molar refractivity (Wildman–Crippen MR) is 110 cm³/mol. The third kappa shape index (κ3) is 5.61. The minimum Gasteiger partial charge on any atom is -0.349 e. The molecule has 0 aliphatic carbocycles. The molecule has 0 spiro atoms. The predicted octanol–water partition coefficient (Wildman–Crippen LogP) is 2.74. The molecule has 0 aromatic heterocycles. The number of aryl methyl sites for hydroxylation is 1. The van der Waals surface area contributed by atoms with Crippen LogP contribution in [0.1, 0.15) is 28.8 Å². The molecule has 3 rings (SSSR count). The SMILES string of the molecule is Cc1cc(C(=O)NC2CCN(CC(=O)Nc3ccccc3)CC2)ccc1[N+](=O)[O-]. The van der Waals surface area contributed by atoms with Gasteiger partial charge < -0.3 is 10.6 Å². The van der Waals surface area contributed by atoms with Gasteiger partial charge in [0.1, 0.15) is 0 Å². The number of hydrogen-bond donors (Lipinski definition) is 2. The van der Waals surface area contributed by atoms with Crippen molar-refractivity contribution in [1.29, 1.82) is 0 Å². The maximum absolute atomic E-state index is 12.5. The van der Waals surface area contributed by atoms with Gasteiger partial charge in [0.2, 0.25) is 5.91 Å². The smallest absolute Gasteiger partial charge is 0.272 e. The first-order valence-electron chi connectivity index (χ1n) is 9.55. The zero-order valence-electron chi connectivity index (χ0n) is 16.3. The lowest BCUT2D eigenvalue weighted by Gasteiger charge is -2.31. The highest BCUT2D eigenvalue weighted by Gasteiger charge is 2.23. The van der Waals surface area contributed by atoms with Gasteiger partial charge in [-0.3, -0.25) is 24.6 Å². The Kier molecular flexibility index (Phi) is 6.56. The summed E-state index contributed by atoms with van der Waals surface area (Å²) in [5.74, 6) is -0.289. The largest absolute Gasteiger partial charge is 0.349 e. The summed E-state index contributed by atoms with van der Waals surface area (Å²) in [6.45, 7) is 3.36. The fourth-order valence-electron chi connectivity index (χ4n) is 3.43. The van der Waals surface area contributed by atoms with E-state index < -0.39 is 4.92 Å². The van der Waals surface area contributed by atoms with Crippen LogP contribution in [0.25, 0.3) is 0 Å². The minimum absolute atomic E-state index is 0.00337. The number of nitro benzene ring substituents is 1. The van der Waals surface area contributed by atoms with Gasteiger partial charge in [0.05, 0.1) is 11.5 Å². The molecule has 0 bridgehead atoms. The molecular formula is C21H24N4O4. The zero-order valence-corrected chi connectivity index (χ0v) is 16.3. The number of rotatable bonds is 6. The molecule has 1 saturated heterocycles. The normalized spacial score (nSPS) is 14.9. The van der Waals surface area contributed by atoms with Crippen LogP contribution in [0.15, 0.2) is 48.5 Å². The number of likely N-dealkylation sites (tertiary alicyclic amines) is 1. The molecule has 1 aliphatic heterocycles. The Hall–Kier alpha value is -3.26. The van der Waals surface area contributed by atoms with Crippen LogP contribution in [0.4, 0.5) is 11.4 Å². The Morgan fingerprint density at radius 3 is 2.45 bits per heavy atom. The Morgan fingerprint density at radius 1 is 1.14 bits per heavy atom. The Morgan fingerprint density at radius 2 is 1.83 bits per heavy atom. The molecule has 0 saturated carbocycles. The highest BCUT2D eigenvalue weighted by Crippen LogP contribution is 2.19. The molecule has 1 fully saturated rings. The van der Waals surface area contributed by atoms with E-state index in [-0.39, 0.29) is 23.5 Å². The van der Waals surface area contributed by atoms with Crippen molar-refractivity contribution >= 4 is 23.2 Å². The van der Waals surface area contributed by atoms with E-state index in [4.69, 9.17) is 0 Å². The molecule has 8 nitrogen and oxygen atoms in total. The van der Waals surface area contributed by atoms with Gasteiger partial charge in [-0.1, -0.05) is 18.2 Å². The standard InChI is InChI=1S/C21H24N4O4/c1-15-13-16(7-8-19(15)25(28)29)21(27)23-18-9-11-24(12-10-18)14-20(26)22-17-5-3-2-4-6-17/h2-8,13,18H,9-12,14H2,1H3,(H,22,26)(H,23,27). The molecule has 2 amide bonds. The fraction of sp³-hybridized carbons (Fsp3) is 0.333. The van der Waals surface area contributed by atoms with Crippen LogP contribution >= 0.6 is 0 Å². The summed E-state index contributed by atoms with van der Waals surface area (Å²) in [6.07, 6.45) is 1.49.